The van der Waals surface area contributed by atoms with Gasteiger partial charge in [-0.1, -0.05) is 57.9 Å². The summed E-state index contributed by atoms with van der Waals surface area (Å²) in [6.45, 7) is 1.18. The number of benzene rings is 1. The number of rotatable bonds is 8. The molecule has 0 saturated heterocycles. The number of halogens is 1. The highest BCUT2D eigenvalue weighted by Gasteiger charge is 2.11. The van der Waals surface area contributed by atoms with Gasteiger partial charge in [-0.2, -0.15) is 5.10 Å². The van der Waals surface area contributed by atoms with Gasteiger partial charge in [0.25, 0.3) is 0 Å². The van der Waals surface area contributed by atoms with E-state index < -0.39 is 0 Å². The molecule has 2 rings (SSSR count). The molecule has 0 radical (unpaired) electrons. The molecule has 0 aliphatic heterocycles. The third kappa shape index (κ3) is 6.88. The highest BCUT2D eigenvalue weighted by Crippen LogP contribution is 2.19. The first-order valence-corrected chi connectivity index (χ1v) is 10.3. The van der Waals surface area contributed by atoms with E-state index in [-0.39, 0.29) is 6.61 Å². The number of thiocarbonyl (C=S) groups is 1. The van der Waals surface area contributed by atoms with Crippen molar-refractivity contribution in [3.8, 4) is 0 Å². The molecule has 0 bridgehead atoms. The lowest BCUT2D eigenvalue weighted by Crippen LogP contribution is -2.39. The maximum absolute atomic E-state index is 9.35. The second kappa shape index (κ2) is 11.4. The van der Waals surface area contributed by atoms with Gasteiger partial charge < -0.3 is 10.4 Å². The van der Waals surface area contributed by atoms with Crippen molar-refractivity contribution in [3.63, 3.8) is 0 Å². The zero-order valence-electron chi connectivity index (χ0n) is 14.5. The fourth-order valence-corrected chi connectivity index (χ4v) is 3.45. The predicted octanol–water partition coefficient (Wildman–Crippen LogP) is 3.84. The highest BCUT2D eigenvalue weighted by molar-refractivity contribution is 9.09. The Morgan fingerprint density at radius 1 is 1.28 bits per heavy atom. The lowest BCUT2D eigenvalue weighted by atomic mass is 9.97. The second-order valence-corrected chi connectivity index (χ2v) is 6.93. The van der Waals surface area contributed by atoms with Crippen LogP contribution in [0.3, 0.4) is 0 Å². The number of nitrogens with zero attached hydrogens (tertiary/aromatic N) is 2. The number of allylic oxidation sites excluding steroid dienone is 1. The van der Waals surface area contributed by atoms with Crippen LogP contribution in [0.5, 0.6) is 0 Å². The Morgan fingerprint density at radius 3 is 2.72 bits per heavy atom. The standard InChI is InChI=1S/C19H26BrN3OS/c20-15-18(17-9-5-2-6-10-17)22-23(13-14-24)19(25)21-12-11-16-7-3-1-4-8-16/h2,5-7,9-10,24H,1,3-4,8,11-15H2,(H,21,25)/b22-18+. The average molecular weight is 424 g/mol. The number of alkyl halides is 1. The minimum atomic E-state index is 0.000822. The summed E-state index contributed by atoms with van der Waals surface area (Å²) in [4.78, 5) is 0. The van der Waals surface area contributed by atoms with Gasteiger partial charge >= 0.3 is 0 Å². The van der Waals surface area contributed by atoms with Crippen molar-refractivity contribution >= 4 is 39.0 Å². The van der Waals surface area contributed by atoms with Crippen molar-refractivity contribution < 1.29 is 5.11 Å². The van der Waals surface area contributed by atoms with Gasteiger partial charge in [-0.25, -0.2) is 5.01 Å². The predicted molar refractivity (Wildman–Crippen MR) is 112 cm³/mol. The topological polar surface area (TPSA) is 47.9 Å². The number of aliphatic hydroxyl groups is 1. The number of hydrazone groups is 1. The fourth-order valence-electron chi connectivity index (χ4n) is 2.78. The van der Waals surface area contributed by atoms with E-state index in [0.29, 0.717) is 17.0 Å². The van der Waals surface area contributed by atoms with Crippen molar-refractivity contribution in [1.29, 1.82) is 0 Å². The van der Waals surface area contributed by atoms with Crippen molar-refractivity contribution in [2.45, 2.75) is 32.1 Å². The molecule has 0 fully saturated rings. The Balaban J connectivity index is 1.96. The zero-order chi connectivity index (χ0) is 17.9. The van der Waals surface area contributed by atoms with Crippen LogP contribution in [-0.2, 0) is 0 Å². The van der Waals surface area contributed by atoms with Gasteiger partial charge in [0, 0.05) is 11.9 Å². The van der Waals surface area contributed by atoms with E-state index in [0.717, 1.165) is 24.2 Å². The van der Waals surface area contributed by atoms with Crippen LogP contribution in [-0.4, -0.2) is 46.0 Å². The molecular weight excluding hydrogens is 398 g/mol. The Kier molecular flexibility index (Phi) is 9.15. The number of hydrogen-bond acceptors (Lipinski definition) is 3. The molecule has 0 spiro atoms. The normalized spacial score (nSPS) is 14.8. The lowest BCUT2D eigenvalue weighted by molar-refractivity contribution is 0.252. The van der Waals surface area contributed by atoms with E-state index in [2.05, 4.69) is 32.4 Å². The van der Waals surface area contributed by atoms with Crippen LogP contribution >= 0.6 is 28.1 Å². The minimum Gasteiger partial charge on any atom is -0.394 e. The number of aliphatic hydroxyl groups excluding tert-OH is 1. The van der Waals surface area contributed by atoms with Crippen LogP contribution in [0.1, 0.15) is 37.7 Å². The monoisotopic (exact) mass is 423 g/mol. The van der Waals surface area contributed by atoms with E-state index in [4.69, 9.17) is 12.2 Å². The molecule has 0 atom stereocenters. The summed E-state index contributed by atoms with van der Waals surface area (Å²) in [6, 6.07) is 9.98. The van der Waals surface area contributed by atoms with Gasteiger partial charge in [0.1, 0.15) is 0 Å². The summed E-state index contributed by atoms with van der Waals surface area (Å²) in [5, 5.41) is 20.1. The van der Waals surface area contributed by atoms with E-state index in [1.807, 2.05) is 30.3 Å². The van der Waals surface area contributed by atoms with Gasteiger partial charge in [0.05, 0.1) is 18.9 Å². The van der Waals surface area contributed by atoms with Crippen LogP contribution in [0.4, 0.5) is 0 Å². The SMILES string of the molecule is OCCN(/N=C(\CBr)c1ccccc1)C(=S)NCCC1=CCCCC1. The minimum absolute atomic E-state index is 0.000822. The van der Waals surface area contributed by atoms with Gasteiger partial charge in [0.2, 0.25) is 0 Å². The first kappa shape index (κ1) is 20.1. The van der Waals surface area contributed by atoms with Gasteiger partial charge in [-0.05, 0) is 49.9 Å². The molecule has 1 aromatic carbocycles. The third-order valence-electron chi connectivity index (χ3n) is 4.13. The largest absolute Gasteiger partial charge is 0.394 e. The molecule has 2 N–H and O–H groups in total. The molecule has 0 aromatic heterocycles. The van der Waals surface area contributed by atoms with Crippen LogP contribution < -0.4 is 5.32 Å². The Hall–Kier alpha value is -1.24. The molecule has 1 aliphatic rings. The molecule has 0 unspecified atom stereocenters. The van der Waals surface area contributed by atoms with Gasteiger partial charge in [0.15, 0.2) is 5.11 Å². The second-order valence-electron chi connectivity index (χ2n) is 5.98. The third-order valence-corrected chi connectivity index (χ3v) is 5.01. The Morgan fingerprint density at radius 2 is 2.08 bits per heavy atom. The molecular formula is C19H26BrN3OS. The first-order valence-electron chi connectivity index (χ1n) is 8.77. The van der Waals surface area contributed by atoms with Crippen molar-refractivity contribution in [1.82, 2.24) is 10.3 Å². The quantitative estimate of drug-likeness (QED) is 0.219. The van der Waals surface area contributed by atoms with E-state index in [9.17, 15) is 5.11 Å². The van der Waals surface area contributed by atoms with Crippen molar-refractivity contribution in [2.75, 3.05) is 25.0 Å². The number of hydrogen-bond donors (Lipinski definition) is 2. The van der Waals surface area contributed by atoms with Crippen molar-refractivity contribution in [3.05, 3.63) is 47.5 Å². The molecule has 136 valence electrons. The highest BCUT2D eigenvalue weighted by atomic mass is 79.9. The molecule has 1 aromatic rings. The summed E-state index contributed by atoms with van der Waals surface area (Å²) in [6.07, 6.45) is 8.38. The molecule has 0 amide bonds. The number of nitrogens with one attached hydrogen (secondary N) is 1. The molecule has 6 heteroatoms. The van der Waals surface area contributed by atoms with E-state index in [1.165, 1.54) is 31.3 Å². The Bertz CT molecular complexity index is 604. The molecule has 4 nitrogen and oxygen atoms in total. The summed E-state index contributed by atoms with van der Waals surface area (Å²) in [7, 11) is 0. The van der Waals surface area contributed by atoms with Crippen LogP contribution in [0.25, 0.3) is 0 Å². The molecule has 0 saturated carbocycles. The smallest absolute Gasteiger partial charge is 0.189 e. The summed E-state index contributed by atoms with van der Waals surface area (Å²) in [5.41, 5.74) is 3.44. The summed E-state index contributed by atoms with van der Waals surface area (Å²) >= 11 is 8.98. The van der Waals surface area contributed by atoms with E-state index in [1.54, 1.807) is 5.01 Å². The zero-order valence-corrected chi connectivity index (χ0v) is 16.9. The maximum atomic E-state index is 9.35. The van der Waals surface area contributed by atoms with Crippen LogP contribution in [0, 0.1) is 0 Å². The molecule has 1 aliphatic carbocycles. The Labute approximate surface area is 164 Å². The lowest BCUT2D eigenvalue weighted by Gasteiger charge is -2.22. The maximum Gasteiger partial charge on any atom is 0.189 e. The van der Waals surface area contributed by atoms with Crippen LogP contribution in [0.15, 0.2) is 47.1 Å². The first-order chi connectivity index (χ1) is 12.2. The van der Waals surface area contributed by atoms with E-state index >= 15 is 0 Å². The molecule has 25 heavy (non-hydrogen) atoms. The van der Waals surface area contributed by atoms with Crippen molar-refractivity contribution in [2.24, 2.45) is 5.10 Å². The van der Waals surface area contributed by atoms with Gasteiger partial charge in [-0.3, -0.25) is 0 Å². The van der Waals surface area contributed by atoms with Gasteiger partial charge in [-0.15, -0.1) is 0 Å². The molecule has 0 heterocycles. The van der Waals surface area contributed by atoms with Crippen LogP contribution in [0.2, 0.25) is 0 Å². The average Bonchev–Trinajstić information content (AvgIpc) is 2.66. The summed E-state index contributed by atoms with van der Waals surface area (Å²) in [5.74, 6) is 0. The summed E-state index contributed by atoms with van der Waals surface area (Å²) < 4.78 is 0. The fraction of sp³-hybridized carbons (Fsp3) is 0.474.